The maximum Gasteiger partial charge on any atom is 0.339 e. The van der Waals surface area contributed by atoms with Crippen LogP contribution in [0.15, 0.2) is 12.3 Å². The molecule has 0 aliphatic heterocycles. The highest BCUT2D eigenvalue weighted by Gasteiger charge is 2.26. The van der Waals surface area contributed by atoms with E-state index in [0.29, 0.717) is 0 Å². The fourth-order valence-corrected chi connectivity index (χ4v) is 2.41. The second-order valence-electron chi connectivity index (χ2n) is 4.54. The summed E-state index contributed by atoms with van der Waals surface area (Å²) in [4.78, 5) is 16.4. The van der Waals surface area contributed by atoms with Crippen LogP contribution in [0.25, 0.3) is 11.0 Å². The van der Waals surface area contributed by atoms with Crippen LogP contribution in [-0.4, -0.2) is 29.7 Å². The number of aryl methyl sites for hydroxylation is 3. The van der Waals surface area contributed by atoms with E-state index in [-0.39, 0.29) is 0 Å². The van der Waals surface area contributed by atoms with E-state index in [4.69, 9.17) is 9.47 Å². The van der Waals surface area contributed by atoms with Gasteiger partial charge in [-0.1, -0.05) is 27.7 Å². The number of nitrogens with zero attached hydrogens (tertiary/aromatic N) is 2. The van der Waals surface area contributed by atoms with Crippen molar-refractivity contribution in [3.8, 4) is 0 Å². The van der Waals surface area contributed by atoms with Crippen LogP contribution in [0, 0.1) is 13.8 Å². The molecule has 2 aromatic rings. The van der Waals surface area contributed by atoms with Crippen molar-refractivity contribution in [1.29, 1.82) is 0 Å². The monoisotopic (exact) mass is 322 g/mol. The molecule has 130 valence electrons. The predicted molar refractivity (Wildman–Crippen MR) is 94.7 cm³/mol. The first-order valence-corrected chi connectivity index (χ1v) is 8.04. The number of carbonyl (C=O) groups excluding carboxylic acids is 1. The summed E-state index contributed by atoms with van der Waals surface area (Å²) in [6.45, 7) is 11.9. The number of esters is 1. The van der Waals surface area contributed by atoms with Crippen molar-refractivity contribution in [3.63, 3.8) is 0 Å². The van der Waals surface area contributed by atoms with Crippen LogP contribution in [0.4, 0.5) is 0 Å². The summed E-state index contributed by atoms with van der Waals surface area (Å²) < 4.78 is 12.0. The average molecular weight is 322 g/mol. The van der Waals surface area contributed by atoms with Crippen molar-refractivity contribution in [2.45, 2.75) is 47.6 Å². The minimum Gasteiger partial charge on any atom is -0.467 e. The zero-order chi connectivity index (χ0) is 18.2. The van der Waals surface area contributed by atoms with Gasteiger partial charge in [-0.2, -0.15) is 0 Å². The van der Waals surface area contributed by atoms with E-state index in [1.165, 1.54) is 14.2 Å². The molecule has 0 unspecified atom stereocenters. The van der Waals surface area contributed by atoms with Gasteiger partial charge in [-0.15, -0.1) is 0 Å². The lowest BCUT2D eigenvalue weighted by atomic mass is 9.99. The molecule has 5 heteroatoms. The zero-order valence-electron chi connectivity index (χ0n) is 15.9. The van der Waals surface area contributed by atoms with Crippen molar-refractivity contribution in [2.75, 3.05) is 14.2 Å². The highest BCUT2D eigenvalue weighted by Crippen LogP contribution is 2.30. The third kappa shape index (κ3) is 4.32. The molecular weight excluding hydrogens is 292 g/mol. The molecule has 0 amide bonds. The molecular formula is C18H30N2O3. The maximum absolute atomic E-state index is 11.8. The maximum atomic E-state index is 11.8. The fraction of sp³-hybridized carbons (Fsp3) is 0.556. The summed E-state index contributed by atoms with van der Waals surface area (Å²) in [5, 5.41) is 1.02. The number of rotatable bonds is 3. The Bertz CT molecular complexity index is 633. The van der Waals surface area contributed by atoms with Gasteiger partial charge in [0.05, 0.1) is 7.11 Å². The number of aromatic nitrogens is 2. The van der Waals surface area contributed by atoms with Crippen molar-refractivity contribution >= 4 is 17.0 Å². The minimum absolute atomic E-state index is 0.411. The second kappa shape index (κ2) is 10.0. The van der Waals surface area contributed by atoms with Crippen LogP contribution in [0.1, 0.15) is 50.6 Å². The SMILES string of the molecule is CC.CC.COC(=O)[C@@H](OC)c1c(C)nc2c(ccn2C)c1C. The quantitative estimate of drug-likeness (QED) is 0.798. The van der Waals surface area contributed by atoms with Gasteiger partial charge in [0.25, 0.3) is 0 Å². The average Bonchev–Trinajstić information content (AvgIpc) is 2.95. The van der Waals surface area contributed by atoms with Gasteiger partial charge >= 0.3 is 5.97 Å². The van der Waals surface area contributed by atoms with E-state index in [9.17, 15) is 4.79 Å². The molecule has 0 aromatic carbocycles. The largest absolute Gasteiger partial charge is 0.467 e. The minimum atomic E-state index is -0.734. The number of ether oxygens (including phenoxy) is 2. The molecule has 0 saturated heterocycles. The van der Waals surface area contributed by atoms with Crippen molar-refractivity contribution in [1.82, 2.24) is 9.55 Å². The van der Waals surface area contributed by atoms with Crippen LogP contribution in [0.2, 0.25) is 0 Å². The van der Waals surface area contributed by atoms with Gasteiger partial charge in [0.15, 0.2) is 6.10 Å². The molecule has 0 bridgehead atoms. The van der Waals surface area contributed by atoms with Crippen LogP contribution in [0.5, 0.6) is 0 Å². The summed E-state index contributed by atoms with van der Waals surface area (Å²) >= 11 is 0. The summed E-state index contributed by atoms with van der Waals surface area (Å²) in [5.74, 6) is -0.411. The van der Waals surface area contributed by atoms with Crippen LogP contribution >= 0.6 is 0 Å². The van der Waals surface area contributed by atoms with Crippen molar-refractivity contribution in [3.05, 3.63) is 29.1 Å². The Hall–Kier alpha value is -1.88. The molecule has 2 aromatic heterocycles. The summed E-state index contributed by atoms with van der Waals surface area (Å²) in [6.07, 6.45) is 1.22. The molecule has 2 heterocycles. The molecule has 0 radical (unpaired) electrons. The van der Waals surface area contributed by atoms with Crippen LogP contribution in [-0.2, 0) is 21.3 Å². The first-order valence-electron chi connectivity index (χ1n) is 8.04. The van der Waals surface area contributed by atoms with E-state index in [2.05, 4.69) is 4.98 Å². The summed E-state index contributed by atoms with van der Waals surface area (Å²) in [5.41, 5.74) is 3.47. The first-order chi connectivity index (χ1) is 11.0. The Morgan fingerprint density at radius 1 is 1.17 bits per heavy atom. The smallest absolute Gasteiger partial charge is 0.339 e. The topological polar surface area (TPSA) is 53.4 Å². The lowest BCUT2D eigenvalue weighted by Gasteiger charge is -2.18. The van der Waals surface area contributed by atoms with Gasteiger partial charge in [-0.3, -0.25) is 0 Å². The third-order valence-electron chi connectivity index (χ3n) is 3.42. The third-order valence-corrected chi connectivity index (χ3v) is 3.42. The molecule has 0 aliphatic rings. The normalized spacial score (nSPS) is 11.0. The Labute approximate surface area is 139 Å². The Balaban J connectivity index is 0.00000112. The van der Waals surface area contributed by atoms with Gasteiger partial charge in [-0.25, -0.2) is 9.78 Å². The van der Waals surface area contributed by atoms with E-state index < -0.39 is 12.1 Å². The summed E-state index contributed by atoms with van der Waals surface area (Å²) in [6, 6.07) is 1.99. The molecule has 2 rings (SSSR count). The predicted octanol–water partition coefficient (Wildman–Crippen LogP) is 4.10. The highest BCUT2D eigenvalue weighted by atomic mass is 16.6. The Kier molecular flexibility index (Phi) is 9.18. The molecule has 1 atom stereocenters. The number of fused-ring (bicyclic) bond motifs is 1. The van der Waals surface area contributed by atoms with E-state index >= 15 is 0 Å². The second-order valence-corrected chi connectivity index (χ2v) is 4.54. The lowest BCUT2D eigenvalue weighted by Crippen LogP contribution is -2.19. The number of pyridine rings is 1. The van der Waals surface area contributed by atoms with E-state index in [1.54, 1.807) is 0 Å². The molecule has 0 fully saturated rings. The van der Waals surface area contributed by atoms with Gasteiger partial charge in [0.1, 0.15) is 5.65 Å². The van der Waals surface area contributed by atoms with Gasteiger partial charge in [-0.05, 0) is 25.5 Å². The fourth-order valence-electron chi connectivity index (χ4n) is 2.41. The number of hydrogen-bond donors (Lipinski definition) is 0. The van der Waals surface area contributed by atoms with Crippen LogP contribution in [0.3, 0.4) is 0 Å². The Morgan fingerprint density at radius 3 is 2.22 bits per heavy atom. The molecule has 0 spiro atoms. The number of methoxy groups -OCH3 is 2. The Morgan fingerprint density at radius 2 is 1.74 bits per heavy atom. The standard InChI is InChI=1S/C14H18N2O3.2C2H6/c1-8-10-6-7-16(3)13(10)15-9(2)11(8)12(18-4)14(17)19-5;2*1-2/h6-7,12H,1-5H3;2*1-2H3/t12-;;/m0../s1. The molecule has 0 saturated carbocycles. The lowest BCUT2D eigenvalue weighted by molar-refractivity contribution is -0.152. The molecule has 23 heavy (non-hydrogen) atoms. The van der Waals surface area contributed by atoms with E-state index in [1.807, 2.05) is 65.4 Å². The number of hydrogen-bond acceptors (Lipinski definition) is 4. The molecule has 0 N–H and O–H groups in total. The van der Waals surface area contributed by atoms with Crippen molar-refractivity contribution < 1.29 is 14.3 Å². The molecule has 5 nitrogen and oxygen atoms in total. The zero-order valence-corrected chi connectivity index (χ0v) is 15.9. The van der Waals surface area contributed by atoms with Crippen molar-refractivity contribution in [2.24, 2.45) is 7.05 Å². The van der Waals surface area contributed by atoms with Gasteiger partial charge in [0, 0.05) is 37.0 Å². The molecule has 0 aliphatic carbocycles. The van der Waals surface area contributed by atoms with Gasteiger partial charge in [0.2, 0.25) is 0 Å². The number of carbonyl (C=O) groups is 1. The first kappa shape index (κ1) is 21.1. The summed E-state index contributed by atoms with van der Waals surface area (Å²) in [7, 11) is 4.80. The van der Waals surface area contributed by atoms with E-state index in [0.717, 1.165) is 27.9 Å². The van der Waals surface area contributed by atoms with Gasteiger partial charge < -0.3 is 14.0 Å². The highest BCUT2D eigenvalue weighted by molar-refractivity contribution is 5.85. The van der Waals surface area contributed by atoms with Crippen LogP contribution < -0.4 is 0 Å².